The predicted molar refractivity (Wildman–Crippen MR) is 79.9 cm³/mol. The number of esters is 1. The van der Waals surface area contributed by atoms with Crippen LogP contribution >= 0.6 is 0 Å². The Morgan fingerprint density at radius 1 is 1.19 bits per heavy atom. The molecule has 6 nitrogen and oxygen atoms in total. The minimum Gasteiger partial charge on any atom is -0.458 e. The van der Waals surface area contributed by atoms with Crippen molar-refractivity contribution in [2.45, 2.75) is 72.0 Å². The zero-order chi connectivity index (χ0) is 22.0. The van der Waals surface area contributed by atoms with Crippen LogP contribution < -0.4 is 5.32 Å². The molecule has 0 aliphatic heterocycles. The Hall–Kier alpha value is -1.30. The Morgan fingerprint density at radius 2 is 1.71 bits per heavy atom. The van der Waals surface area contributed by atoms with Crippen LogP contribution in [0, 0.1) is 5.92 Å². The summed E-state index contributed by atoms with van der Waals surface area (Å²) in [4.78, 5) is 24.5. The Labute approximate surface area is 135 Å². The number of alkyl carbamates (subject to hydrolysis) is 1. The molecule has 1 amide bonds. The minimum atomic E-state index is -3.31. The molecule has 0 rings (SSSR count). The molecule has 0 saturated heterocycles. The van der Waals surface area contributed by atoms with E-state index in [4.69, 9.17) is 17.7 Å². The molecule has 0 bridgehead atoms. The summed E-state index contributed by atoms with van der Waals surface area (Å²) in [5, 5.41) is 11.7. The van der Waals surface area contributed by atoms with Crippen LogP contribution in [0.2, 0.25) is 0 Å². The fourth-order valence-corrected chi connectivity index (χ4v) is 1.22. The molecule has 0 fully saturated rings. The molecule has 0 aliphatic carbocycles. The van der Waals surface area contributed by atoms with E-state index in [0.29, 0.717) is 0 Å². The second-order valence-corrected chi connectivity index (χ2v) is 6.46. The summed E-state index contributed by atoms with van der Waals surface area (Å²) in [6.07, 6.45) is -3.20. The van der Waals surface area contributed by atoms with Crippen molar-refractivity contribution in [2.75, 3.05) is 6.56 Å². The molecule has 0 spiro atoms. The molecule has 0 aromatic heterocycles. The number of nitrogens with one attached hydrogen (secondary N) is 1. The fraction of sp³-hybridized carbons (Fsp3) is 0.867. The SMILES string of the molecule is [2H][C@H]([C@H](NC(=O)OC(C)(C)C)C(=O)OC(C)(C)C)[C@H](C([2H])([2H])[2H])C([2H])([2H])O. The Morgan fingerprint density at radius 3 is 2.10 bits per heavy atom. The number of carbonyl (C=O) groups is 2. The van der Waals surface area contributed by atoms with Crippen molar-refractivity contribution in [3.05, 3.63) is 0 Å². The monoisotopic (exact) mass is 309 g/mol. The first-order valence-electron chi connectivity index (χ1n) is 9.60. The fourth-order valence-electron chi connectivity index (χ4n) is 1.22. The van der Waals surface area contributed by atoms with Gasteiger partial charge < -0.3 is 19.9 Å². The molecule has 6 heteroatoms. The van der Waals surface area contributed by atoms with Gasteiger partial charge in [0.2, 0.25) is 0 Å². The van der Waals surface area contributed by atoms with Crippen LogP contribution in [0.1, 0.15) is 63.0 Å². The summed E-state index contributed by atoms with van der Waals surface area (Å²) in [6.45, 7) is 2.83. The molecular formula is C15H29NO5. The second kappa shape index (κ2) is 7.64. The number of aliphatic hydroxyl groups is 1. The lowest BCUT2D eigenvalue weighted by Crippen LogP contribution is -2.47. The molecule has 0 radical (unpaired) electrons. The van der Waals surface area contributed by atoms with Crippen molar-refractivity contribution in [1.29, 1.82) is 0 Å². The second-order valence-electron chi connectivity index (χ2n) is 6.46. The number of rotatable bonds is 5. The lowest BCUT2D eigenvalue weighted by atomic mass is 10.0. The van der Waals surface area contributed by atoms with Crippen LogP contribution in [0.5, 0.6) is 0 Å². The smallest absolute Gasteiger partial charge is 0.408 e. The van der Waals surface area contributed by atoms with E-state index in [1.807, 2.05) is 0 Å². The summed E-state index contributed by atoms with van der Waals surface area (Å²) >= 11 is 0. The maximum atomic E-state index is 12.5. The lowest BCUT2D eigenvalue weighted by molar-refractivity contribution is -0.158. The average Bonchev–Trinajstić information content (AvgIpc) is 2.27. The molecule has 21 heavy (non-hydrogen) atoms. The number of hydrogen-bond acceptors (Lipinski definition) is 5. The van der Waals surface area contributed by atoms with Crippen LogP contribution in [0.15, 0.2) is 0 Å². The van der Waals surface area contributed by atoms with Gasteiger partial charge in [-0.15, -0.1) is 0 Å². The first-order chi connectivity index (χ1) is 11.6. The zero-order valence-electron chi connectivity index (χ0n) is 19.3. The van der Waals surface area contributed by atoms with Gasteiger partial charge in [0.25, 0.3) is 0 Å². The molecule has 3 atom stereocenters. The third kappa shape index (κ3) is 10.1. The Bertz CT molecular complexity index is 519. The van der Waals surface area contributed by atoms with Gasteiger partial charge in [0, 0.05) is 12.0 Å². The Kier molecular flexibility index (Phi) is 4.11. The van der Waals surface area contributed by atoms with E-state index in [9.17, 15) is 14.7 Å². The number of hydrogen-bond donors (Lipinski definition) is 2. The number of carbonyl (C=O) groups excluding carboxylic acids is 2. The highest BCUT2D eigenvalue weighted by molar-refractivity contribution is 5.81. The van der Waals surface area contributed by atoms with Gasteiger partial charge in [-0.25, -0.2) is 9.59 Å². The normalized spacial score (nSPS) is 22.0. The maximum Gasteiger partial charge on any atom is 0.408 e. The lowest BCUT2D eigenvalue weighted by Gasteiger charge is -2.27. The number of ether oxygens (including phenoxy) is 2. The first kappa shape index (κ1) is 11.3. The van der Waals surface area contributed by atoms with E-state index >= 15 is 0 Å². The van der Waals surface area contributed by atoms with Gasteiger partial charge in [-0.1, -0.05) is 6.85 Å². The highest BCUT2D eigenvalue weighted by Crippen LogP contribution is 2.14. The van der Waals surface area contributed by atoms with E-state index < -0.39 is 55.0 Å². The number of amides is 1. The molecule has 0 saturated carbocycles. The molecule has 124 valence electrons. The summed E-state index contributed by atoms with van der Waals surface area (Å²) < 4.78 is 55.3. The van der Waals surface area contributed by atoms with Gasteiger partial charge in [0.15, 0.2) is 0 Å². The van der Waals surface area contributed by atoms with Crippen molar-refractivity contribution >= 4 is 12.1 Å². The highest BCUT2D eigenvalue weighted by Gasteiger charge is 2.29. The van der Waals surface area contributed by atoms with E-state index in [0.717, 1.165) is 0 Å². The van der Waals surface area contributed by atoms with Crippen LogP contribution in [-0.4, -0.2) is 41.0 Å². The third-order valence-corrected chi connectivity index (χ3v) is 1.86. The highest BCUT2D eigenvalue weighted by atomic mass is 16.6. The largest absolute Gasteiger partial charge is 0.458 e. The molecule has 0 aromatic rings. The van der Waals surface area contributed by atoms with Crippen molar-refractivity contribution in [3.8, 4) is 0 Å². The van der Waals surface area contributed by atoms with E-state index in [-0.39, 0.29) is 0 Å². The van der Waals surface area contributed by atoms with Crippen molar-refractivity contribution < 1.29 is 32.4 Å². The van der Waals surface area contributed by atoms with Crippen LogP contribution in [-0.2, 0) is 14.3 Å². The van der Waals surface area contributed by atoms with Gasteiger partial charge in [-0.3, -0.25) is 0 Å². The van der Waals surface area contributed by atoms with Crippen LogP contribution in [0.4, 0.5) is 4.79 Å². The molecule has 2 N–H and O–H groups in total. The molecule has 0 unspecified atom stereocenters. The minimum absolute atomic E-state index is 0.935. The van der Waals surface area contributed by atoms with Gasteiger partial charge in [0.05, 0.1) is 2.74 Å². The standard InChI is InChI=1S/C15H29NO5/c1-10(9-17)8-11(12(18)20-14(2,3)4)16-13(19)21-15(5,6)7/h10-11,17H,8-9H2,1-7H3,(H,16,19)/t10-,11-/m0/s1/i1D3,8D,9D2/t8-,10-,11-. The molecule has 0 aromatic carbocycles. The van der Waals surface area contributed by atoms with E-state index in [2.05, 4.69) is 5.32 Å². The van der Waals surface area contributed by atoms with Gasteiger partial charge >= 0.3 is 12.1 Å². The molecule has 0 heterocycles. The van der Waals surface area contributed by atoms with Gasteiger partial charge in [-0.2, -0.15) is 0 Å². The summed E-state index contributed by atoms with van der Waals surface area (Å²) in [6, 6.07) is -1.88. The first-order valence-corrected chi connectivity index (χ1v) is 6.52. The molecular weight excluding hydrogens is 274 g/mol. The van der Waals surface area contributed by atoms with Crippen molar-refractivity contribution in [1.82, 2.24) is 5.32 Å². The third-order valence-electron chi connectivity index (χ3n) is 1.86. The van der Waals surface area contributed by atoms with Crippen molar-refractivity contribution in [3.63, 3.8) is 0 Å². The summed E-state index contributed by atoms with van der Waals surface area (Å²) in [5.41, 5.74) is -1.95. The topological polar surface area (TPSA) is 84.9 Å². The average molecular weight is 309 g/mol. The van der Waals surface area contributed by atoms with E-state index in [1.54, 1.807) is 20.8 Å². The quantitative estimate of drug-likeness (QED) is 0.761. The van der Waals surface area contributed by atoms with Crippen LogP contribution in [0.25, 0.3) is 0 Å². The summed E-state index contributed by atoms with van der Waals surface area (Å²) in [5.74, 6) is -3.44. The van der Waals surface area contributed by atoms with Gasteiger partial charge in [-0.05, 0) is 53.9 Å². The van der Waals surface area contributed by atoms with E-state index in [1.165, 1.54) is 20.8 Å². The molecule has 0 aliphatic rings. The zero-order valence-corrected chi connectivity index (χ0v) is 13.3. The summed E-state index contributed by atoms with van der Waals surface area (Å²) in [7, 11) is 0. The van der Waals surface area contributed by atoms with Crippen molar-refractivity contribution in [2.24, 2.45) is 5.92 Å². The predicted octanol–water partition coefficient (Wildman–Crippen LogP) is 2.24. The van der Waals surface area contributed by atoms with Gasteiger partial charge in [0.1, 0.15) is 17.2 Å². The maximum absolute atomic E-state index is 12.5. The Balaban J connectivity index is 5.87. The van der Waals surface area contributed by atoms with Crippen LogP contribution in [0.3, 0.4) is 0 Å².